The van der Waals surface area contributed by atoms with E-state index in [0.717, 1.165) is 45.0 Å². The van der Waals surface area contributed by atoms with Crippen LogP contribution in [0.25, 0.3) is 0 Å². The average Bonchev–Trinajstić information content (AvgIpc) is 2.74. The zero-order valence-electron chi connectivity index (χ0n) is 17.7. The number of amides is 1. The minimum atomic E-state index is 0.196. The van der Waals surface area contributed by atoms with Crippen LogP contribution in [0.2, 0.25) is 0 Å². The van der Waals surface area contributed by atoms with Crippen LogP contribution in [0.1, 0.15) is 12.5 Å². The molecule has 6 heteroatoms. The van der Waals surface area contributed by atoms with Crippen LogP contribution in [-0.4, -0.2) is 74.2 Å². The van der Waals surface area contributed by atoms with Gasteiger partial charge in [-0.05, 0) is 48.5 Å². The molecule has 0 radical (unpaired) electrons. The SMILES string of the molecule is CCN(CC(=O)N1CCN(c2ccc(O)cc2)CC1)Cc1ccc(N(C)C)cc1. The summed E-state index contributed by atoms with van der Waals surface area (Å²) in [5, 5.41) is 9.44. The highest BCUT2D eigenvalue weighted by atomic mass is 16.3. The van der Waals surface area contributed by atoms with Crippen molar-refractivity contribution >= 4 is 17.3 Å². The summed E-state index contributed by atoms with van der Waals surface area (Å²) in [5.41, 5.74) is 3.49. The number of rotatable bonds is 7. The Morgan fingerprint density at radius 2 is 1.59 bits per heavy atom. The third-order valence-electron chi connectivity index (χ3n) is 5.51. The van der Waals surface area contributed by atoms with E-state index in [1.807, 2.05) is 31.1 Å². The zero-order valence-corrected chi connectivity index (χ0v) is 17.7. The van der Waals surface area contributed by atoms with Gasteiger partial charge in [0.05, 0.1) is 6.54 Å². The van der Waals surface area contributed by atoms with Gasteiger partial charge in [-0.15, -0.1) is 0 Å². The largest absolute Gasteiger partial charge is 0.508 e. The fourth-order valence-corrected chi connectivity index (χ4v) is 3.61. The Labute approximate surface area is 173 Å². The number of nitrogens with zero attached hydrogens (tertiary/aromatic N) is 4. The minimum absolute atomic E-state index is 0.196. The number of piperazine rings is 1. The van der Waals surface area contributed by atoms with E-state index in [0.29, 0.717) is 6.54 Å². The molecule has 1 N–H and O–H groups in total. The summed E-state index contributed by atoms with van der Waals surface area (Å²) in [6.45, 7) is 7.26. The van der Waals surface area contributed by atoms with Crippen LogP contribution in [-0.2, 0) is 11.3 Å². The van der Waals surface area contributed by atoms with Gasteiger partial charge in [-0.1, -0.05) is 19.1 Å². The van der Waals surface area contributed by atoms with Crippen LogP contribution in [0, 0.1) is 0 Å². The minimum Gasteiger partial charge on any atom is -0.508 e. The number of carbonyl (C=O) groups excluding carboxylic acids is 1. The third-order valence-corrected chi connectivity index (χ3v) is 5.51. The maximum atomic E-state index is 12.8. The molecule has 1 saturated heterocycles. The Morgan fingerprint density at radius 3 is 2.14 bits per heavy atom. The summed E-state index contributed by atoms with van der Waals surface area (Å²) in [4.78, 5) is 21.3. The summed E-state index contributed by atoms with van der Waals surface area (Å²) < 4.78 is 0. The first kappa shape index (κ1) is 21.0. The van der Waals surface area contributed by atoms with Gasteiger partial charge in [-0.3, -0.25) is 9.69 Å². The molecule has 2 aromatic carbocycles. The lowest BCUT2D eigenvalue weighted by atomic mass is 10.2. The number of aromatic hydroxyl groups is 1. The second-order valence-electron chi connectivity index (χ2n) is 7.75. The molecule has 0 spiro atoms. The molecule has 29 heavy (non-hydrogen) atoms. The van der Waals surface area contributed by atoms with Crippen molar-refractivity contribution in [1.29, 1.82) is 0 Å². The standard InChI is InChI=1S/C23H32N4O2/c1-4-25(17-19-5-7-20(8-6-19)24(2)3)18-23(29)27-15-13-26(14-16-27)21-9-11-22(28)12-10-21/h5-12,28H,4,13-18H2,1-3H3. The van der Waals surface area contributed by atoms with E-state index in [1.165, 1.54) is 11.3 Å². The van der Waals surface area contributed by atoms with E-state index in [9.17, 15) is 9.90 Å². The molecule has 2 aromatic rings. The molecular weight excluding hydrogens is 364 g/mol. The summed E-state index contributed by atoms with van der Waals surface area (Å²) in [6, 6.07) is 15.8. The second kappa shape index (κ2) is 9.65. The predicted molar refractivity (Wildman–Crippen MR) is 119 cm³/mol. The van der Waals surface area contributed by atoms with Crippen LogP contribution in [0.15, 0.2) is 48.5 Å². The molecule has 156 valence electrons. The lowest BCUT2D eigenvalue weighted by molar-refractivity contribution is -0.132. The monoisotopic (exact) mass is 396 g/mol. The van der Waals surface area contributed by atoms with Crippen molar-refractivity contribution in [2.24, 2.45) is 0 Å². The van der Waals surface area contributed by atoms with Crippen LogP contribution in [0.5, 0.6) is 5.75 Å². The van der Waals surface area contributed by atoms with E-state index < -0.39 is 0 Å². The highest BCUT2D eigenvalue weighted by Crippen LogP contribution is 2.20. The summed E-state index contributed by atoms with van der Waals surface area (Å²) in [5.74, 6) is 0.473. The first-order valence-corrected chi connectivity index (χ1v) is 10.3. The third kappa shape index (κ3) is 5.64. The lowest BCUT2D eigenvalue weighted by Gasteiger charge is -2.37. The molecule has 1 heterocycles. The number of likely N-dealkylation sites (N-methyl/N-ethyl adjacent to an activating group) is 1. The molecule has 6 nitrogen and oxygen atoms in total. The quantitative estimate of drug-likeness (QED) is 0.780. The van der Waals surface area contributed by atoms with Crippen LogP contribution >= 0.6 is 0 Å². The Hall–Kier alpha value is -2.73. The van der Waals surface area contributed by atoms with Crippen LogP contribution in [0.3, 0.4) is 0 Å². The highest BCUT2D eigenvalue weighted by molar-refractivity contribution is 5.78. The van der Waals surface area contributed by atoms with E-state index in [2.05, 4.69) is 45.9 Å². The fourth-order valence-electron chi connectivity index (χ4n) is 3.61. The molecule has 3 rings (SSSR count). The van der Waals surface area contributed by atoms with Crippen molar-refractivity contribution in [3.8, 4) is 5.75 Å². The Balaban J connectivity index is 1.50. The van der Waals surface area contributed by atoms with Gasteiger partial charge < -0.3 is 19.8 Å². The summed E-state index contributed by atoms with van der Waals surface area (Å²) in [6.07, 6.45) is 0. The van der Waals surface area contributed by atoms with Crippen molar-refractivity contribution in [3.63, 3.8) is 0 Å². The normalized spacial score (nSPS) is 14.3. The van der Waals surface area contributed by atoms with Gasteiger partial charge in [-0.2, -0.15) is 0 Å². The van der Waals surface area contributed by atoms with Gasteiger partial charge in [-0.25, -0.2) is 0 Å². The van der Waals surface area contributed by atoms with E-state index in [4.69, 9.17) is 0 Å². The Kier molecular flexibility index (Phi) is 6.99. The number of phenolic OH excluding ortho intramolecular Hbond substituents is 1. The smallest absolute Gasteiger partial charge is 0.236 e. The van der Waals surface area contributed by atoms with Crippen molar-refractivity contribution < 1.29 is 9.90 Å². The lowest BCUT2D eigenvalue weighted by Crippen LogP contribution is -2.51. The number of carbonyl (C=O) groups is 1. The second-order valence-corrected chi connectivity index (χ2v) is 7.75. The summed E-state index contributed by atoms with van der Waals surface area (Å²) >= 11 is 0. The number of benzene rings is 2. The summed E-state index contributed by atoms with van der Waals surface area (Å²) in [7, 11) is 4.07. The zero-order chi connectivity index (χ0) is 20.8. The van der Waals surface area contributed by atoms with E-state index in [1.54, 1.807) is 12.1 Å². The maximum absolute atomic E-state index is 12.8. The number of hydrogen-bond acceptors (Lipinski definition) is 5. The number of hydrogen-bond donors (Lipinski definition) is 1. The van der Waals surface area contributed by atoms with Gasteiger partial charge in [0.2, 0.25) is 5.91 Å². The van der Waals surface area contributed by atoms with Gasteiger partial charge in [0.15, 0.2) is 0 Å². The Bertz CT molecular complexity index is 782. The predicted octanol–water partition coefficient (Wildman–Crippen LogP) is 2.63. The molecule has 1 aliphatic rings. The topological polar surface area (TPSA) is 50.3 Å². The van der Waals surface area contributed by atoms with Gasteiger partial charge in [0.1, 0.15) is 5.75 Å². The number of phenols is 1. The van der Waals surface area contributed by atoms with Crippen molar-refractivity contribution in [3.05, 3.63) is 54.1 Å². The van der Waals surface area contributed by atoms with Crippen LogP contribution in [0.4, 0.5) is 11.4 Å². The molecular formula is C23H32N4O2. The van der Waals surface area contributed by atoms with Gasteiger partial charge in [0.25, 0.3) is 0 Å². The van der Waals surface area contributed by atoms with Gasteiger partial charge >= 0.3 is 0 Å². The van der Waals surface area contributed by atoms with Gasteiger partial charge in [0, 0.05) is 58.2 Å². The molecule has 1 aliphatic heterocycles. The molecule has 0 bridgehead atoms. The molecule has 1 fully saturated rings. The molecule has 0 aromatic heterocycles. The molecule has 0 saturated carbocycles. The number of anilines is 2. The highest BCUT2D eigenvalue weighted by Gasteiger charge is 2.22. The maximum Gasteiger partial charge on any atom is 0.236 e. The fraction of sp³-hybridized carbons (Fsp3) is 0.435. The van der Waals surface area contributed by atoms with E-state index in [-0.39, 0.29) is 11.7 Å². The molecule has 1 amide bonds. The van der Waals surface area contributed by atoms with Crippen molar-refractivity contribution in [1.82, 2.24) is 9.80 Å². The van der Waals surface area contributed by atoms with Crippen molar-refractivity contribution in [2.45, 2.75) is 13.5 Å². The molecule has 0 unspecified atom stereocenters. The Morgan fingerprint density at radius 1 is 0.966 bits per heavy atom. The molecule has 0 aliphatic carbocycles. The van der Waals surface area contributed by atoms with Crippen molar-refractivity contribution in [2.75, 3.05) is 63.2 Å². The van der Waals surface area contributed by atoms with E-state index >= 15 is 0 Å². The average molecular weight is 397 g/mol. The molecule has 0 atom stereocenters. The van der Waals surface area contributed by atoms with Crippen LogP contribution < -0.4 is 9.80 Å². The first-order valence-electron chi connectivity index (χ1n) is 10.3. The first-order chi connectivity index (χ1) is 14.0.